The van der Waals surface area contributed by atoms with Crippen LogP contribution in [0.25, 0.3) is 0 Å². The van der Waals surface area contributed by atoms with Gasteiger partial charge >= 0.3 is 0 Å². The van der Waals surface area contributed by atoms with Gasteiger partial charge in [0, 0.05) is 28.2 Å². The summed E-state index contributed by atoms with van der Waals surface area (Å²) in [5.74, 6) is 1.14. The molecule has 2 unspecified atom stereocenters. The van der Waals surface area contributed by atoms with Crippen LogP contribution in [0.4, 0.5) is 0 Å². The Kier molecular flexibility index (Phi) is 6.44. The second kappa shape index (κ2) is 9.25. The summed E-state index contributed by atoms with van der Waals surface area (Å²) in [5.41, 5.74) is 6.52. The zero-order valence-electron chi connectivity index (χ0n) is 18.0. The molecule has 0 bridgehead atoms. The maximum Gasteiger partial charge on any atom is 0.126 e. The predicted octanol–water partition coefficient (Wildman–Crippen LogP) is 6.39. The van der Waals surface area contributed by atoms with Crippen molar-refractivity contribution in [2.24, 2.45) is 4.99 Å². The second-order valence-electron chi connectivity index (χ2n) is 7.92. The zero-order chi connectivity index (χ0) is 22.0. The van der Waals surface area contributed by atoms with E-state index in [9.17, 15) is 5.11 Å². The van der Waals surface area contributed by atoms with Crippen LogP contribution in [0.1, 0.15) is 53.4 Å². The lowest BCUT2D eigenvalue weighted by Crippen LogP contribution is -2.33. The van der Waals surface area contributed by atoms with E-state index in [-0.39, 0.29) is 18.0 Å². The van der Waals surface area contributed by atoms with Gasteiger partial charge in [0.25, 0.3) is 0 Å². The lowest BCUT2D eigenvalue weighted by atomic mass is 9.92. The van der Waals surface area contributed by atoms with E-state index in [4.69, 9.17) is 9.73 Å². The van der Waals surface area contributed by atoms with Crippen molar-refractivity contribution in [1.82, 2.24) is 5.32 Å². The zero-order valence-corrected chi connectivity index (χ0v) is 19.6. The van der Waals surface area contributed by atoms with Gasteiger partial charge in [-0.25, -0.2) is 0 Å². The molecule has 0 radical (unpaired) electrons. The van der Waals surface area contributed by atoms with Gasteiger partial charge < -0.3 is 9.84 Å². The monoisotopic (exact) mass is 478 g/mol. The first-order valence-corrected chi connectivity index (χ1v) is 11.4. The maximum atomic E-state index is 10.6. The van der Waals surface area contributed by atoms with Crippen molar-refractivity contribution in [3.05, 3.63) is 93.0 Å². The van der Waals surface area contributed by atoms with Crippen molar-refractivity contribution in [1.29, 1.82) is 0 Å². The van der Waals surface area contributed by atoms with E-state index in [0.29, 0.717) is 13.0 Å². The molecule has 4 rings (SSSR count). The van der Waals surface area contributed by atoms with Crippen LogP contribution in [0.3, 0.4) is 0 Å². The van der Waals surface area contributed by atoms with E-state index in [1.54, 1.807) is 6.07 Å². The number of halogens is 1. The van der Waals surface area contributed by atoms with Crippen molar-refractivity contribution >= 4 is 21.6 Å². The third kappa shape index (κ3) is 4.83. The van der Waals surface area contributed by atoms with Gasteiger partial charge in [0.05, 0.1) is 6.61 Å². The number of hydrogen-bond acceptors (Lipinski definition) is 4. The van der Waals surface area contributed by atoms with E-state index < -0.39 is 0 Å². The lowest BCUT2D eigenvalue weighted by molar-refractivity contribution is 0.340. The molecule has 4 nitrogen and oxygen atoms in total. The first-order chi connectivity index (χ1) is 14.9. The van der Waals surface area contributed by atoms with Crippen LogP contribution in [0.5, 0.6) is 11.5 Å². The number of hydrogen-bond donors (Lipinski definition) is 2. The van der Waals surface area contributed by atoms with Crippen molar-refractivity contribution in [2.45, 2.75) is 39.4 Å². The third-order valence-corrected chi connectivity index (χ3v) is 6.12. The highest BCUT2D eigenvalue weighted by Crippen LogP contribution is 2.36. The number of benzene rings is 3. The SMILES string of the molecule is CCOc1ccc(C2=NC(c3ccc(C)cc3C)NC(c3cc(Br)ccc3O)C2)cc1. The summed E-state index contributed by atoms with van der Waals surface area (Å²) in [6.07, 6.45) is 0.485. The quantitative estimate of drug-likeness (QED) is 0.446. The average molecular weight is 479 g/mol. The maximum absolute atomic E-state index is 10.6. The lowest BCUT2D eigenvalue weighted by Gasteiger charge is -2.31. The molecule has 0 amide bonds. The number of phenols is 1. The fraction of sp³-hybridized carbons (Fsp3) is 0.269. The van der Waals surface area contributed by atoms with Crippen LogP contribution in [0.2, 0.25) is 0 Å². The van der Waals surface area contributed by atoms with Crippen LogP contribution >= 0.6 is 15.9 Å². The number of rotatable bonds is 5. The van der Waals surface area contributed by atoms with Gasteiger partial charge in [-0.15, -0.1) is 0 Å². The summed E-state index contributed by atoms with van der Waals surface area (Å²) in [7, 11) is 0. The van der Waals surface area contributed by atoms with E-state index in [1.807, 2.05) is 31.2 Å². The smallest absolute Gasteiger partial charge is 0.126 e. The van der Waals surface area contributed by atoms with Crippen LogP contribution in [0, 0.1) is 13.8 Å². The van der Waals surface area contributed by atoms with Gasteiger partial charge in [-0.3, -0.25) is 10.3 Å². The van der Waals surface area contributed by atoms with Crippen LogP contribution in [0.15, 0.2) is 70.1 Å². The van der Waals surface area contributed by atoms with Crippen molar-refractivity contribution < 1.29 is 9.84 Å². The first-order valence-electron chi connectivity index (χ1n) is 10.6. The van der Waals surface area contributed by atoms with Crippen LogP contribution < -0.4 is 10.1 Å². The molecule has 3 aromatic carbocycles. The highest BCUT2D eigenvalue weighted by molar-refractivity contribution is 9.10. The minimum absolute atomic E-state index is 0.0673. The molecule has 0 saturated heterocycles. The van der Waals surface area contributed by atoms with E-state index in [1.165, 1.54) is 11.1 Å². The molecule has 0 aliphatic carbocycles. The fourth-order valence-electron chi connectivity index (χ4n) is 4.09. The molecule has 1 aliphatic heterocycles. The molecule has 3 aromatic rings. The molecular weight excluding hydrogens is 452 g/mol. The van der Waals surface area contributed by atoms with Gasteiger partial charge in [0.1, 0.15) is 17.7 Å². The summed E-state index contributed by atoms with van der Waals surface area (Å²) < 4.78 is 6.53. The summed E-state index contributed by atoms with van der Waals surface area (Å²) in [6.45, 7) is 6.84. The number of phenolic OH excluding ortho intramolecular Hbond substituents is 1. The summed E-state index contributed by atoms with van der Waals surface area (Å²) in [6, 6.07) is 20.0. The second-order valence-corrected chi connectivity index (χ2v) is 8.84. The van der Waals surface area contributed by atoms with Gasteiger partial charge in [-0.05, 0) is 79.9 Å². The molecule has 0 fully saturated rings. The molecule has 1 aliphatic rings. The molecule has 5 heteroatoms. The van der Waals surface area contributed by atoms with E-state index in [0.717, 1.165) is 32.6 Å². The Balaban J connectivity index is 1.75. The van der Waals surface area contributed by atoms with E-state index >= 15 is 0 Å². The summed E-state index contributed by atoms with van der Waals surface area (Å²) in [4.78, 5) is 5.09. The standard InChI is InChI=1S/C26H27BrN2O2/c1-4-31-20-9-6-18(7-10-20)23-15-24(22-14-19(27)8-12-25(22)30)29-26(28-23)21-11-5-16(2)13-17(21)3/h5-14,24,26,29-30H,4,15H2,1-3H3. The van der Waals surface area contributed by atoms with Gasteiger partial charge in [0.15, 0.2) is 0 Å². The minimum atomic E-state index is -0.195. The molecule has 2 atom stereocenters. The Hall–Kier alpha value is -2.63. The Morgan fingerprint density at radius 3 is 2.52 bits per heavy atom. The number of aryl methyl sites for hydroxylation is 2. The largest absolute Gasteiger partial charge is 0.508 e. The Morgan fingerprint density at radius 1 is 1.03 bits per heavy atom. The molecule has 0 spiro atoms. The first kappa shape index (κ1) is 21.6. The van der Waals surface area contributed by atoms with Crippen molar-refractivity contribution in [2.75, 3.05) is 6.61 Å². The van der Waals surface area contributed by atoms with Crippen LogP contribution in [-0.2, 0) is 0 Å². The Bertz CT molecular complexity index is 1110. The third-order valence-electron chi connectivity index (χ3n) is 5.62. The molecular formula is C26H27BrN2O2. The van der Waals surface area contributed by atoms with Gasteiger partial charge in [0.2, 0.25) is 0 Å². The summed E-state index contributed by atoms with van der Waals surface area (Å²) in [5, 5.41) is 14.2. The Labute approximate surface area is 192 Å². The van der Waals surface area contributed by atoms with Gasteiger partial charge in [-0.2, -0.15) is 0 Å². The number of aliphatic imine (C=N–C) groups is 1. The number of aromatic hydroxyl groups is 1. The van der Waals surface area contributed by atoms with Crippen molar-refractivity contribution in [3.8, 4) is 11.5 Å². The number of nitrogens with zero attached hydrogens (tertiary/aromatic N) is 1. The molecule has 160 valence electrons. The van der Waals surface area contributed by atoms with Gasteiger partial charge in [-0.1, -0.05) is 39.7 Å². The summed E-state index contributed by atoms with van der Waals surface area (Å²) >= 11 is 3.54. The topological polar surface area (TPSA) is 53.8 Å². The average Bonchev–Trinajstić information content (AvgIpc) is 2.76. The normalized spacial score (nSPS) is 18.5. The molecule has 31 heavy (non-hydrogen) atoms. The molecule has 2 N–H and O–H groups in total. The molecule has 0 saturated carbocycles. The highest BCUT2D eigenvalue weighted by atomic mass is 79.9. The highest BCUT2D eigenvalue weighted by Gasteiger charge is 2.28. The number of nitrogens with one attached hydrogen (secondary N) is 1. The van der Waals surface area contributed by atoms with Crippen LogP contribution in [-0.4, -0.2) is 17.4 Å². The fourth-order valence-corrected chi connectivity index (χ4v) is 4.47. The van der Waals surface area contributed by atoms with E-state index in [2.05, 4.69) is 65.4 Å². The number of ether oxygens (including phenoxy) is 1. The Morgan fingerprint density at radius 2 is 1.81 bits per heavy atom. The minimum Gasteiger partial charge on any atom is -0.508 e. The molecule has 1 heterocycles. The predicted molar refractivity (Wildman–Crippen MR) is 129 cm³/mol. The van der Waals surface area contributed by atoms with Crippen molar-refractivity contribution in [3.63, 3.8) is 0 Å². The molecule has 0 aromatic heterocycles.